The zero-order valence-electron chi connectivity index (χ0n) is 6.76. The Morgan fingerprint density at radius 3 is 2.92 bits per heavy atom. The summed E-state index contributed by atoms with van der Waals surface area (Å²) in [5, 5.41) is 10.4. The quantitative estimate of drug-likeness (QED) is 0.489. The third-order valence-corrected chi connectivity index (χ3v) is 2.37. The highest BCUT2D eigenvalue weighted by Crippen LogP contribution is 2.30. The molecular weight excluding hydrogens is 152 g/mol. The van der Waals surface area contributed by atoms with Crippen molar-refractivity contribution in [1.82, 2.24) is 0 Å². The van der Waals surface area contributed by atoms with Gasteiger partial charge in [-0.25, -0.2) is 0 Å². The van der Waals surface area contributed by atoms with Crippen LogP contribution in [0.3, 0.4) is 0 Å². The molecule has 0 aliphatic heterocycles. The Morgan fingerprint density at radius 2 is 2.17 bits per heavy atom. The summed E-state index contributed by atoms with van der Waals surface area (Å²) in [5.74, 6) is 0. The summed E-state index contributed by atoms with van der Waals surface area (Å²) in [5.41, 5.74) is 11.4. The van der Waals surface area contributed by atoms with E-state index in [2.05, 4.69) is 0 Å². The van der Waals surface area contributed by atoms with E-state index in [0.717, 1.165) is 24.9 Å². The van der Waals surface area contributed by atoms with E-state index in [1.165, 1.54) is 11.1 Å². The Balaban J connectivity index is 2.51. The van der Waals surface area contributed by atoms with Gasteiger partial charge in [-0.15, -0.1) is 0 Å². The molecule has 0 amide bonds. The van der Waals surface area contributed by atoms with Gasteiger partial charge in [0, 0.05) is 11.4 Å². The number of hydrogen-bond donors (Lipinski definition) is 2. The van der Waals surface area contributed by atoms with Crippen LogP contribution >= 0.6 is 0 Å². The summed E-state index contributed by atoms with van der Waals surface area (Å²) in [6.45, 7) is 0. The Hall–Kier alpha value is -1.22. The lowest BCUT2D eigenvalue weighted by Crippen LogP contribution is -1.96. The molecule has 0 bridgehead atoms. The molecular formula is C9H11N2O-. The van der Waals surface area contributed by atoms with Crippen molar-refractivity contribution in [3.8, 4) is 0 Å². The first kappa shape index (κ1) is 7.43. The van der Waals surface area contributed by atoms with Crippen molar-refractivity contribution in [3.63, 3.8) is 0 Å². The molecule has 0 saturated carbocycles. The molecule has 3 nitrogen and oxygen atoms in total. The first-order chi connectivity index (χ1) is 5.81. The number of hydrogen-bond acceptors (Lipinski definition) is 3. The SMILES string of the molecule is Nc1cc(N[O-])cc2c1CCC2. The number of nitrogens with two attached hydrogens (primary N) is 1. The zero-order chi connectivity index (χ0) is 8.55. The molecule has 0 unspecified atom stereocenters. The number of anilines is 2. The average Bonchev–Trinajstić information content (AvgIpc) is 2.52. The second kappa shape index (κ2) is 2.68. The molecule has 1 aromatic rings. The van der Waals surface area contributed by atoms with Gasteiger partial charge < -0.3 is 16.4 Å². The normalized spacial score (nSPS) is 14.4. The highest BCUT2D eigenvalue weighted by Gasteiger charge is 2.13. The van der Waals surface area contributed by atoms with E-state index < -0.39 is 0 Å². The minimum atomic E-state index is 0.577. The minimum Gasteiger partial charge on any atom is -0.761 e. The number of benzene rings is 1. The maximum atomic E-state index is 10.4. The highest BCUT2D eigenvalue weighted by atomic mass is 16.5. The van der Waals surface area contributed by atoms with Crippen LogP contribution in [0.1, 0.15) is 17.5 Å². The number of fused-ring (bicyclic) bond motifs is 1. The topological polar surface area (TPSA) is 61.1 Å². The first-order valence-electron chi connectivity index (χ1n) is 4.10. The molecule has 1 aliphatic carbocycles. The fraction of sp³-hybridized carbons (Fsp3) is 0.333. The molecule has 0 radical (unpaired) electrons. The Bertz CT molecular complexity index is 310. The smallest absolute Gasteiger partial charge is 0.0369 e. The van der Waals surface area contributed by atoms with Gasteiger partial charge in [-0.2, -0.15) is 0 Å². The van der Waals surface area contributed by atoms with Gasteiger partial charge in [0.25, 0.3) is 0 Å². The molecule has 2 rings (SSSR count). The first-order valence-corrected chi connectivity index (χ1v) is 4.10. The second-order valence-electron chi connectivity index (χ2n) is 3.16. The van der Waals surface area contributed by atoms with Crippen LogP contribution in [0.5, 0.6) is 0 Å². The largest absolute Gasteiger partial charge is 0.761 e. The van der Waals surface area contributed by atoms with Gasteiger partial charge in [-0.1, -0.05) is 0 Å². The van der Waals surface area contributed by atoms with E-state index in [4.69, 9.17) is 5.73 Å². The predicted octanol–water partition coefficient (Wildman–Crippen LogP) is 1.67. The number of nitrogen functional groups attached to an aromatic ring is 1. The second-order valence-corrected chi connectivity index (χ2v) is 3.16. The lowest BCUT2D eigenvalue weighted by Gasteiger charge is -2.12. The lowest BCUT2D eigenvalue weighted by molar-refractivity contribution is 0.912. The fourth-order valence-corrected chi connectivity index (χ4v) is 1.80. The standard InChI is InChI=1S/C9H11N2O/c10-9-5-7(11-12)4-6-2-1-3-8(6)9/h4-5,11H,1-3,10H2/q-1. The number of rotatable bonds is 1. The van der Waals surface area contributed by atoms with Crippen molar-refractivity contribution in [3.05, 3.63) is 28.5 Å². The van der Waals surface area contributed by atoms with E-state index >= 15 is 0 Å². The van der Waals surface area contributed by atoms with Crippen LogP contribution in [0, 0.1) is 5.21 Å². The lowest BCUT2D eigenvalue weighted by atomic mass is 10.1. The van der Waals surface area contributed by atoms with Gasteiger partial charge in [0.1, 0.15) is 0 Å². The van der Waals surface area contributed by atoms with E-state index in [9.17, 15) is 5.21 Å². The van der Waals surface area contributed by atoms with Crippen LogP contribution in [0.2, 0.25) is 0 Å². The van der Waals surface area contributed by atoms with Gasteiger partial charge in [-0.05, 0) is 42.5 Å². The van der Waals surface area contributed by atoms with Crippen molar-refractivity contribution < 1.29 is 0 Å². The van der Waals surface area contributed by atoms with Gasteiger partial charge in [0.2, 0.25) is 0 Å². The molecule has 1 aromatic carbocycles. The Morgan fingerprint density at radius 1 is 1.33 bits per heavy atom. The van der Waals surface area contributed by atoms with Crippen molar-refractivity contribution in [2.24, 2.45) is 0 Å². The monoisotopic (exact) mass is 163 g/mol. The third kappa shape index (κ3) is 1.02. The Labute approximate surface area is 71.2 Å². The summed E-state index contributed by atoms with van der Waals surface area (Å²) in [4.78, 5) is 0. The molecule has 0 heterocycles. The molecule has 3 heteroatoms. The van der Waals surface area contributed by atoms with Crippen molar-refractivity contribution in [2.75, 3.05) is 11.2 Å². The molecule has 0 saturated heterocycles. The minimum absolute atomic E-state index is 0.577. The molecule has 64 valence electrons. The molecule has 0 aromatic heterocycles. The Kier molecular flexibility index (Phi) is 1.66. The van der Waals surface area contributed by atoms with Crippen molar-refractivity contribution >= 4 is 11.4 Å². The summed E-state index contributed by atoms with van der Waals surface area (Å²) >= 11 is 0. The molecule has 0 atom stereocenters. The van der Waals surface area contributed by atoms with Gasteiger partial charge in [0.15, 0.2) is 0 Å². The van der Waals surface area contributed by atoms with Crippen LogP contribution in [-0.4, -0.2) is 0 Å². The third-order valence-electron chi connectivity index (χ3n) is 2.37. The predicted molar refractivity (Wildman–Crippen MR) is 49.9 cm³/mol. The van der Waals surface area contributed by atoms with Crippen LogP contribution in [0.15, 0.2) is 12.1 Å². The molecule has 0 spiro atoms. The van der Waals surface area contributed by atoms with Gasteiger partial charge in [-0.3, -0.25) is 0 Å². The molecule has 0 fully saturated rings. The zero-order valence-corrected chi connectivity index (χ0v) is 6.76. The van der Waals surface area contributed by atoms with Crippen LogP contribution in [-0.2, 0) is 12.8 Å². The number of nitrogens with one attached hydrogen (secondary N) is 1. The van der Waals surface area contributed by atoms with E-state index in [1.54, 1.807) is 6.07 Å². The summed E-state index contributed by atoms with van der Waals surface area (Å²) in [7, 11) is 0. The van der Waals surface area contributed by atoms with Crippen molar-refractivity contribution in [2.45, 2.75) is 19.3 Å². The summed E-state index contributed by atoms with van der Waals surface area (Å²) in [6, 6.07) is 3.60. The van der Waals surface area contributed by atoms with Gasteiger partial charge in [0.05, 0.1) is 0 Å². The van der Waals surface area contributed by atoms with Crippen LogP contribution in [0.4, 0.5) is 11.4 Å². The maximum Gasteiger partial charge on any atom is 0.0369 e. The molecule has 3 N–H and O–H groups in total. The average molecular weight is 163 g/mol. The summed E-state index contributed by atoms with van der Waals surface area (Å²) in [6.07, 6.45) is 3.26. The van der Waals surface area contributed by atoms with E-state index in [1.807, 2.05) is 11.5 Å². The van der Waals surface area contributed by atoms with Crippen LogP contribution in [0.25, 0.3) is 0 Å². The van der Waals surface area contributed by atoms with Crippen molar-refractivity contribution in [1.29, 1.82) is 0 Å². The van der Waals surface area contributed by atoms with Crippen LogP contribution < -0.4 is 11.2 Å². The number of aryl methyl sites for hydroxylation is 1. The highest BCUT2D eigenvalue weighted by molar-refractivity contribution is 5.63. The maximum absolute atomic E-state index is 10.4. The molecule has 12 heavy (non-hydrogen) atoms. The van der Waals surface area contributed by atoms with E-state index in [0.29, 0.717) is 5.69 Å². The van der Waals surface area contributed by atoms with E-state index in [-0.39, 0.29) is 0 Å². The molecule has 1 aliphatic rings. The summed E-state index contributed by atoms with van der Waals surface area (Å²) < 4.78 is 0. The van der Waals surface area contributed by atoms with Gasteiger partial charge >= 0.3 is 0 Å². The fourth-order valence-electron chi connectivity index (χ4n) is 1.80.